The van der Waals surface area contributed by atoms with E-state index in [2.05, 4.69) is 29.2 Å². The molecule has 18 heavy (non-hydrogen) atoms. The maximum Gasteiger partial charge on any atom is 0.0834 e. The van der Waals surface area contributed by atoms with Gasteiger partial charge in [0.15, 0.2) is 0 Å². The highest BCUT2D eigenvalue weighted by atomic mass is 35.5. The van der Waals surface area contributed by atoms with Gasteiger partial charge >= 0.3 is 0 Å². The molecule has 0 saturated carbocycles. The summed E-state index contributed by atoms with van der Waals surface area (Å²) in [5.74, 6) is 0. The fourth-order valence-corrected chi connectivity index (χ4v) is 3.32. The number of rotatable bonds is 4. The smallest absolute Gasteiger partial charge is 0.0834 e. The van der Waals surface area contributed by atoms with Crippen molar-refractivity contribution in [2.45, 2.75) is 38.3 Å². The summed E-state index contributed by atoms with van der Waals surface area (Å²) in [4.78, 5) is 2.54. The van der Waals surface area contributed by atoms with Crippen molar-refractivity contribution in [3.8, 4) is 0 Å². The summed E-state index contributed by atoms with van der Waals surface area (Å²) in [6.07, 6.45) is 4.30. The van der Waals surface area contributed by atoms with Crippen molar-refractivity contribution in [3.05, 3.63) is 16.9 Å². The third-order valence-corrected chi connectivity index (χ3v) is 4.42. The van der Waals surface area contributed by atoms with Crippen LogP contribution < -0.4 is 5.32 Å². The quantitative estimate of drug-likeness (QED) is 0.911. The molecule has 1 aliphatic heterocycles. The fraction of sp³-hybridized carbons (Fsp3) is 0.769. The minimum atomic E-state index is 0.0304. The van der Waals surface area contributed by atoms with E-state index in [0.717, 1.165) is 10.7 Å². The summed E-state index contributed by atoms with van der Waals surface area (Å²) in [6.45, 7) is 6.90. The molecule has 1 atom stereocenters. The van der Waals surface area contributed by atoms with Gasteiger partial charge in [-0.3, -0.25) is 9.58 Å². The molecular formula is C13H23ClN4. The first-order valence-corrected chi connectivity index (χ1v) is 6.96. The van der Waals surface area contributed by atoms with Gasteiger partial charge in [-0.1, -0.05) is 11.6 Å². The van der Waals surface area contributed by atoms with Crippen LogP contribution in [-0.2, 0) is 7.05 Å². The Bertz CT molecular complexity index is 388. The average Bonchev–Trinajstić information content (AvgIpc) is 2.94. The largest absolute Gasteiger partial charge is 0.310 e. The predicted octanol–water partition coefficient (Wildman–Crippen LogP) is 2.21. The minimum Gasteiger partial charge on any atom is -0.310 e. The van der Waals surface area contributed by atoms with Crippen molar-refractivity contribution in [1.82, 2.24) is 20.0 Å². The second-order valence-electron chi connectivity index (χ2n) is 5.57. The van der Waals surface area contributed by atoms with Crippen LogP contribution in [0.1, 0.15) is 38.4 Å². The highest BCUT2D eigenvalue weighted by molar-refractivity contribution is 6.31. The van der Waals surface area contributed by atoms with Gasteiger partial charge in [0, 0.05) is 12.6 Å². The average molecular weight is 271 g/mol. The molecule has 4 nitrogen and oxygen atoms in total. The number of likely N-dealkylation sites (N-methyl/N-ethyl adjacent to an activating group) is 1. The second-order valence-corrected chi connectivity index (χ2v) is 5.98. The minimum absolute atomic E-state index is 0.0304. The summed E-state index contributed by atoms with van der Waals surface area (Å²) in [6, 6.07) is 0.176. The Hall–Kier alpha value is -0.580. The molecule has 1 aromatic heterocycles. The van der Waals surface area contributed by atoms with Gasteiger partial charge in [0.2, 0.25) is 0 Å². The molecule has 1 fully saturated rings. The van der Waals surface area contributed by atoms with E-state index < -0.39 is 0 Å². The van der Waals surface area contributed by atoms with Crippen LogP contribution in [0, 0.1) is 0 Å². The highest BCUT2D eigenvalue weighted by Gasteiger charge is 2.39. The van der Waals surface area contributed by atoms with Crippen LogP contribution in [0.5, 0.6) is 0 Å². The van der Waals surface area contributed by atoms with E-state index in [9.17, 15) is 0 Å². The fourth-order valence-electron chi connectivity index (χ4n) is 3.05. The number of hydrogen-bond acceptors (Lipinski definition) is 3. The molecule has 1 aliphatic rings. The number of halogens is 1. The second kappa shape index (κ2) is 5.19. The maximum absolute atomic E-state index is 6.29. The van der Waals surface area contributed by atoms with E-state index >= 15 is 0 Å². The first-order chi connectivity index (χ1) is 8.48. The van der Waals surface area contributed by atoms with Gasteiger partial charge in [-0.15, -0.1) is 0 Å². The first-order valence-electron chi connectivity index (χ1n) is 6.58. The Balaban J connectivity index is 2.32. The molecule has 0 aromatic carbocycles. The molecule has 0 spiro atoms. The lowest BCUT2D eigenvalue weighted by molar-refractivity contribution is 0.107. The highest BCUT2D eigenvalue weighted by Crippen LogP contribution is 2.35. The van der Waals surface area contributed by atoms with Gasteiger partial charge in [0.1, 0.15) is 0 Å². The van der Waals surface area contributed by atoms with Crippen LogP contribution >= 0.6 is 11.6 Å². The zero-order valence-corrected chi connectivity index (χ0v) is 12.5. The Kier molecular flexibility index (Phi) is 3.99. The lowest BCUT2D eigenvalue weighted by Gasteiger charge is -2.42. The Labute approximate surface area is 114 Å². The third kappa shape index (κ3) is 2.29. The van der Waals surface area contributed by atoms with Gasteiger partial charge in [0.25, 0.3) is 0 Å². The summed E-state index contributed by atoms with van der Waals surface area (Å²) < 4.78 is 1.88. The van der Waals surface area contributed by atoms with E-state index in [-0.39, 0.29) is 11.6 Å². The SMILES string of the molecule is CNC(c1c(Cl)cnn1C)C(C)(C)N1CCCC1. The molecule has 5 heteroatoms. The van der Waals surface area contributed by atoms with Gasteiger partial charge in [-0.05, 0) is 46.8 Å². The molecule has 1 saturated heterocycles. The van der Waals surface area contributed by atoms with E-state index in [1.165, 1.54) is 25.9 Å². The molecular weight excluding hydrogens is 248 g/mol. The van der Waals surface area contributed by atoms with Crippen LogP contribution in [0.15, 0.2) is 6.20 Å². The third-order valence-electron chi connectivity index (χ3n) is 4.13. The van der Waals surface area contributed by atoms with Crippen LogP contribution in [0.4, 0.5) is 0 Å². The molecule has 0 amide bonds. The number of hydrogen-bond donors (Lipinski definition) is 1. The van der Waals surface area contributed by atoms with E-state index in [1.54, 1.807) is 6.20 Å². The van der Waals surface area contributed by atoms with Crippen molar-refractivity contribution >= 4 is 11.6 Å². The number of aryl methyl sites for hydroxylation is 1. The Morgan fingerprint density at radius 2 is 2.00 bits per heavy atom. The molecule has 2 rings (SSSR count). The van der Waals surface area contributed by atoms with Crippen LogP contribution in [0.25, 0.3) is 0 Å². The van der Waals surface area contributed by atoms with Crippen LogP contribution in [-0.4, -0.2) is 40.4 Å². The Morgan fingerprint density at radius 3 is 2.44 bits per heavy atom. The molecule has 1 aromatic rings. The van der Waals surface area contributed by atoms with Crippen LogP contribution in [0.3, 0.4) is 0 Å². The monoisotopic (exact) mass is 270 g/mol. The normalized spacial score (nSPS) is 19.4. The summed E-state index contributed by atoms with van der Waals surface area (Å²) >= 11 is 6.29. The standard InChI is InChI=1S/C13H23ClN4/c1-13(2,18-7-5-6-8-18)12(15-3)11-10(14)9-16-17(11)4/h9,12,15H,5-8H2,1-4H3. The summed E-state index contributed by atoms with van der Waals surface area (Å²) in [7, 11) is 3.94. The molecule has 2 heterocycles. The summed E-state index contributed by atoms with van der Waals surface area (Å²) in [5.41, 5.74) is 1.10. The van der Waals surface area contributed by atoms with E-state index in [0.29, 0.717) is 0 Å². The van der Waals surface area contributed by atoms with Crippen molar-refractivity contribution < 1.29 is 0 Å². The van der Waals surface area contributed by atoms with Crippen molar-refractivity contribution in [3.63, 3.8) is 0 Å². The van der Waals surface area contributed by atoms with Crippen molar-refractivity contribution in [2.75, 3.05) is 20.1 Å². The lowest BCUT2D eigenvalue weighted by Crippen LogP contribution is -2.51. The van der Waals surface area contributed by atoms with E-state index in [1.807, 2.05) is 18.8 Å². The van der Waals surface area contributed by atoms with Crippen LogP contribution in [0.2, 0.25) is 5.02 Å². The molecule has 102 valence electrons. The number of aromatic nitrogens is 2. The van der Waals surface area contributed by atoms with Gasteiger partial charge in [-0.25, -0.2) is 0 Å². The molecule has 1 N–H and O–H groups in total. The zero-order valence-electron chi connectivity index (χ0n) is 11.7. The molecule has 0 bridgehead atoms. The molecule has 0 aliphatic carbocycles. The van der Waals surface area contributed by atoms with Gasteiger partial charge in [0.05, 0.1) is 23.0 Å². The summed E-state index contributed by atoms with van der Waals surface area (Å²) in [5, 5.41) is 8.41. The number of nitrogens with one attached hydrogen (secondary N) is 1. The molecule has 0 radical (unpaired) electrons. The zero-order chi connectivity index (χ0) is 13.3. The lowest BCUT2D eigenvalue weighted by atomic mass is 9.90. The number of nitrogens with zero attached hydrogens (tertiary/aromatic N) is 3. The molecule has 1 unspecified atom stereocenters. The van der Waals surface area contributed by atoms with Crippen molar-refractivity contribution in [2.24, 2.45) is 7.05 Å². The number of likely N-dealkylation sites (tertiary alicyclic amines) is 1. The maximum atomic E-state index is 6.29. The van der Waals surface area contributed by atoms with Crippen molar-refractivity contribution in [1.29, 1.82) is 0 Å². The van der Waals surface area contributed by atoms with Gasteiger partial charge < -0.3 is 5.32 Å². The Morgan fingerprint density at radius 1 is 1.39 bits per heavy atom. The predicted molar refractivity (Wildman–Crippen MR) is 74.9 cm³/mol. The van der Waals surface area contributed by atoms with E-state index in [4.69, 9.17) is 11.6 Å². The first kappa shape index (κ1) is 13.8. The topological polar surface area (TPSA) is 33.1 Å². The van der Waals surface area contributed by atoms with Gasteiger partial charge in [-0.2, -0.15) is 5.10 Å².